The highest BCUT2D eigenvalue weighted by Crippen LogP contribution is 2.35. The van der Waals surface area contributed by atoms with E-state index >= 15 is 0 Å². The van der Waals surface area contributed by atoms with E-state index < -0.39 is 0 Å². The van der Waals surface area contributed by atoms with Crippen molar-refractivity contribution in [1.82, 2.24) is 25.4 Å². The third-order valence-electron chi connectivity index (χ3n) is 6.08. The number of ether oxygens (including phenoxy) is 2. The van der Waals surface area contributed by atoms with Gasteiger partial charge >= 0.3 is 0 Å². The van der Waals surface area contributed by atoms with Crippen molar-refractivity contribution in [3.8, 4) is 17.1 Å². The minimum absolute atomic E-state index is 0.155. The summed E-state index contributed by atoms with van der Waals surface area (Å²) in [7, 11) is 0. The van der Waals surface area contributed by atoms with Crippen LogP contribution in [0.4, 0.5) is 5.82 Å². The van der Waals surface area contributed by atoms with Gasteiger partial charge in [-0.2, -0.15) is 5.10 Å². The molecular formula is C25H27Cl2N7O2. The van der Waals surface area contributed by atoms with Crippen LogP contribution >= 0.6 is 23.2 Å². The molecule has 1 aromatic carbocycles. The van der Waals surface area contributed by atoms with Crippen LogP contribution in [0, 0.1) is 0 Å². The average Bonchev–Trinajstić information content (AvgIpc) is 3.24. The van der Waals surface area contributed by atoms with Gasteiger partial charge in [-0.05, 0) is 51.1 Å². The third kappa shape index (κ3) is 4.97. The normalized spacial score (nSPS) is 15.8. The predicted octanol–water partition coefficient (Wildman–Crippen LogP) is 4.80. The molecule has 0 unspecified atom stereocenters. The van der Waals surface area contributed by atoms with E-state index in [2.05, 4.69) is 30.3 Å². The lowest BCUT2D eigenvalue weighted by atomic mass is 9.92. The number of fused-ring (bicyclic) bond motifs is 1. The van der Waals surface area contributed by atoms with E-state index in [1.807, 2.05) is 51.1 Å². The molecule has 3 aromatic heterocycles. The van der Waals surface area contributed by atoms with Crippen LogP contribution in [0.1, 0.15) is 32.4 Å². The number of benzene rings is 1. The fourth-order valence-corrected chi connectivity index (χ4v) is 4.93. The molecule has 9 nitrogen and oxygen atoms in total. The molecule has 1 aliphatic rings. The van der Waals surface area contributed by atoms with Gasteiger partial charge in [-0.1, -0.05) is 23.2 Å². The fourth-order valence-electron chi connectivity index (χ4n) is 4.25. The Hall–Kier alpha value is -2.98. The van der Waals surface area contributed by atoms with Crippen molar-refractivity contribution < 1.29 is 9.47 Å². The maximum absolute atomic E-state index is 6.39. The smallest absolute Gasteiger partial charge is 0.151 e. The molecule has 4 aromatic rings. The number of nitrogens with one attached hydrogen (secondary N) is 1. The highest BCUT2D eigenvalue weighted by molar-refractivity contribution is 6.35. The molecular weight excluding hydrogens is 501 g/mol. The van der Waals surface area contributed by atoms with E-state index in [9.17, 15) is 0 Å². The van der Waals surface area contributed by atoms with Gasteiger partial charge in [0, 0.05) is 36.4 Å². The number of rotatable bonds is 8. The molecule has 0 aliphatic carbocycles. The molecule has 0 radical (unpaired) electrons. The minimum atomic E-state index is -0.378. The number of nitrogens with two attached hydrogens (primary N) is 1. The molecule has 1 aliphatic heterocycles. The maximum atomic E-state index is 6.39. The molecule has 3 N–H and O–H groups in total. The highest BCUT2D eigenvalue weighted by atomic mass is 35.5. The SMILES string of the molecule is CC(C)OCC1(N)CN(c2ccc(-c3n[nH]c4ccc(O[C@H](C)c5c(Cl)cncc5Cl)cc34)nn2)C1. The Morgan fingerprint density at radius 3 is 2.50 bits per heavy atom. The van der Waals surface area contributed by atoms with Crippen molar-refractivity contribution in [2.24, 2.45) is 5.73 Å². The lowest BCUT2D eigenvalue weighted by Crippen LogP contribution is -2.70. The van der Waals surface area contributed by atoms with E-state index in [1.54, 1.807) is 12.4 Å². The highest BCUT2D eigenvalue weighted by Gasteiger charge is 2.40. The first-order chi connectivity index (χ1) is 17.2. The summed E-state index contributed by atoms with van der Waals surface area (Å²) in [6.45, 7) is 7.76. The standard InChI is InChI=1S/C25H27Cl2N7O2/c1-14(2)35-13-25(28)11-34(12-25)22-7-6-21(31-32-22)24-17-8-16(4-5-20(17)30-33-24)36-15(3)23-18(26)9-29-10-19(23)27/h4-10,14-15H,11-13,28H2,1-3H3,(H,30,33)/t15-/m1/s1. The average molecular weight is 528 g/mol. The van der Waals surface area contributed by atoms with Gasteiger partial charge < -0.3 is 20.1 Å². The summed E-state index contributed by atoms with van der Waals surface area (Å²) in [4.78, 5) is 6.09. The summed E-state index contributed by atoms with van der Waals surface area (Å²) >= 11 is 12.6. The van der Waals surface area contributed by atoms with Crippen LogP contribution in [-0.2, 0) is 4.74 Å². The summed E-state index contributed by atoms with van der Waals surface area (Å²) in [6, 6.07) is 9.53. The lowest BCUT2D eigenvalue weighted by molar-refractivity contribution is 0.0308. The molecule has 0 bridgehead atoms. The fraction of sp³-hybridized carbons (Fsp3) is 0.360. The Balaban J connectivity index is 1.32. The van der Waals surface area contributed by atoms with Gasteiger partial charge in [0.2, 0.25) is 0 Å². The molecule has 11 heteroatoms. The number of aromatic amines is 1. The first-order valence-corrected chi connectivity index (χ1v) is 12.4. The Morgan fingerprint density at radius 1 is 1.08 bits per heavy atom. The maximum Gasteiger partial charge on any atom is 0.151 e. The molecule has 0 amide bonds. The largest absolute Gasteiger partial charge is 0.486 e. The van der Waals surface area contributed by atoms with Crippen LogP contribution in [-0.4, -0.2) is 56.7 Å². The van der Waals surface area contributed by atoms with Gasteiger partial charge in [0.1, 0.15) is 23.2 Å². The van der Waals surface area contributed by atoms with Gasteiger partial charge in [-0.25, -0.2) is 0 Å². The number of nitrogens with zero attached hydrogens (tertiary/aromatic N) is 5. The summed E-state index contributed by atoms with van der Waals surface area (Å²) in [5.74, 6) is 1.42. The van der Waals surface area contributed by atoms with E-state index in [0.717, 1.165) is 16.7 Å². The summed E-state index contributed by atoms with van der Waals surface area (Å²) in [5.41, 5.74) is 8.91. The van der Waals surface area contributed by atoms with Crippen LogP contribution in [0.15, 0.2) is 42.7 Å². The zero-order chi connectivity index (χ0) is 25.4. The summed E-state index contributed by atoms with van der Waals surface area (Å²) in [6.07, 6.45) is 2.88. The molecule has 5 rings (SSSR count). The van der Waals surface area contributed by atoms with Crippen molar-refractivity contribution in [3.05, 3.63) is 58.3 Å². The number of aromatic nitrogens is 5. The quantitative estimate of drug-likeness (QED) is 0.335. The van der Waals surface area contributed by atoms with Gasteiger partial charge in [0.25, 0.3) is 0 Å². The zero-order valence-corrected chi connectivity index (χ0v) is 21.7. The lowest BCUT2D eigenvalue weighted by Gasteiger charge is -2.48. The summed E-state index contributed by atoms with van der Waals surface area (Å²) in [5, 5.41) is 18.1. The number of pyridine rings is 1. The Kier molecular flexibility index (Phi) is 6.74. The van der Waals surface area contributed by atoms with Gasteiger partial charge in [0.05, 0.1) is 33.8 Å². The third-order valence-corrected chi connectivity index (χ3v) is 6.68. The molecule has 1 saturated heterocycles. The van der Waals surface area contributed by atoms with Crippen molar-refractivity contribution in [2.75, 3.05) is 24.6 Å². The molecule has 0 saturated carbocycles. The Labute approximate surface area is 218 Å². The second kappa shape index (κ2) is 9.82. The second-order valence-electron chi connectivity index (χ2n) is 9.41. The number of hydrogen-bond donors (Lipinski definition) is 2. The first-order valence-electron chi connectivity index (χ1n) is 11.7. The number of hydrogen-bond acceptors (Lipinski definition) is 8. The van der Waals surface area contributed by atoms with E-state index in [0.29, 0.717) is 52.4 Å². The topological polar surface area (TPSA) is 115 Å². The first kappa shape index (κ1) is 24.7. The van der Waals surface area contributed by atoms with Crippen LogP contribution in [0.5, 0.6) is 5.75 Å². The molecule has 36 heavy (non-hydrogen) atoms. The van der Waals surface area contributed by atoms with Gasteiger partial charge in [-0.15, -0.1) is 10.2 Å². The minimum Gasteiger partial charge on any atom is -0.486 e. The molecule has 1 atom stereocenters. The van der Waals surface area contributed by atoms with Crippen molar-refractivity contribution in [1.29, 1.82) is 0 Å². The van der Waals surface area contributed by atoms with Crippen LogP contribution in [0.3, 0.4) is 0 Å². The van der Waals surface area contributed by atoms with E-state index in [4.69, 9.17) is 38.4 Å². The predicted molar refractivity (Wildman–Crippen MR) is 141 cm³/mol. The Bertz CT molecular complexity index is 1350. The van der Waals surface area contributed by atoms with Crippen molar-refractivity contribution in [2.45, 2.75) is 38.5 Å². The van der Waals surface area contributed by atoms with Crippen LogP contribution in [0.2, 0.25) is 10.0 Å². The van der Waals surface area contributed by atoms with Crippen LogP contribution < -0.4 is 15.4 Å². The number of H-pyrrole nitrogens is 1. The van der Waals surface area contributed by atoms with E-state index in [-0.39, 0.29) is 17.7 Å². The molecule has 4 heterocycles. The van der Waals surface area contributed by atoms with Gasteiger partial charge in [0.15, 0.2) is 5.82 Å². The molecule has 188 valence electrons. The molecule has 1 fully saturated rings. The zero-order valence-electron chi connectivity index (χ0n) is 20.2. The van der Waals surface area contributed by atoms with Crippen molar-refractivity contribution >= 4 is 39.9 Å². The van der Waals surface area contributed by atoms with E-state index in [1.165, 1.54) is 0 Å². The number of anilines is 1. The van der Waals surface area contributed by atoms with Crippen LogP contribution in [0.25, 0.3) is 22.3 Å². The number of halogens is 2. The second-order valence-corrected chi connectivity index (χ2v) is 10.2. The molecule has 0 spiro atoms. The van der Waals surface area contributed by atoms with Crippen molar-refractivity contribution in [3.63, 3.8) is 0 Å². The van der Waals surface area contributed by atoms with Gasteiger partial charge in [-0.3, -0.25) is 10.1 Å². The summed E-state index contributed by atoms with van der Waals surface area (Å²) < 4.78 is 11.8. The monoisotopic (exact) mass is 527 g/mol. The Morgan fingerprint density at radius 2 is 1.83 bits per heavy atom.